The Morgan fingerprint density at radius 3 is 2.38 bits per heavy atom. The van der Waals surface area contributed by atoms with Crippen LogP contribution in [-0.4, -0.2) is 9.13 Å². The molecule has 0 bridgehead atoms. The molecule has 0 aliphatic heterocycles. The molecule has 4 nitrogen and oxygen atoms in total. The molecule has 0 radical (unpaired) electrons. The molecular formula is C15H11Cl2F3N2O2. The minimum atomic E-state index is -4.81. The number of hydrogen-bond acceptors (Lipinski definition) is 2. The van der Waals surface area contributed by atoms with Gasteiger partial charge in [-0.2, -0.15) is 13.2 Å². The van der Waals surface area contributed by atoms with Gasteiger partial charge in [-0.1, -0.05) is 23.2 Å². The number of allylic oxidation sites excluding steroid dienone is 1. The van der Waals surface area contributed by atoms with Gasteiger partial charge in [-0.3, -0.25) is 9.36 Å². The van der Waals surface area contributed by atoms with Crippen LogP contribution in [0.1, 0.15) is 18.2 Å². The number of halogens is 5. The standard InChI is InChI=1S/C15H11Cl2F3N2O2/c1-8(16)5-9-6-10(3-4-11(9)17)22-13(23)7-12(15(18,19)20)21(2)14(22)24/h3-7H,1-2H3/b8-5-. The molecule has 0 atom stereocenters. The Bertz CT molecular complexity index is 939. The fourth-order valence-electron chi connectivity index (χ4n) is 2.13. The number of aromatic nitrogens is 2. The van der Waals surface area contributed by atoms with E-state index in [4.69, 9.17) is 23.2 Å². The minimum Gasteiger partial charge on any atom is -0.292 e. The first kappa shape index (κ1) is 18.4. The Morgan fingerprint density at radius 1 is 1.21 bits per heavy atom. The summed E-state index contributed by atoms with van der Waals surface area (Å²) >= 11 is 11.8. The predicted octanol–water partition coefficient (Wildman–Crippen LogP) is 3.81. The lowest BCUT2D eigenvalue weighted by molar-refractivity contribution is -0.144. The van der Waals surface area contributed by atoms with Gasteiger partial charge >= 0.3 is 11.9 Å². The third kappa shape index (κ3) is 3.57. The summed E-state index contributed by atoms with van der Waals surface area (Å²) in [7, 11) is 0.945. The summed E-state index contributed by atoms with van der Waals surface area (Å²) in [5.74, 6) is 0. The molecule has 0 N–H and O–H groups in total. The highest BCUT2D eigenvalue weighted by Gasteiger charge is 2.35. The van der Waals surface area contributed by atoms with Gasteiger partial charge in [0.1, 0.15) is 5.69 Å². The SMILES string of the molecule is C/C(Cl)=C/c1cc(-n2c(=O)cc(C(F)(F)F)n(C)c2=O)ccc1Cl. The number of alkyl halides is 3. The summed E-state index contributed by atoms with van der Waals surface area (Å²) in [6, 6.07) is 4.55. The normalized spacial score (nSPS) is 12.5. The zero-order valence-electron chi connectivity index (χ0n) is 12.5. The smallest absolute Gasteiger partial charge is 0.292 e. The molecule has 2 aromatic rings. The van der Waals surface area contributed by atoms with Crippen molar-refractivity contribution in [2.45, 2.75) is 13.1 Å². The van der Waals surface area contributed by atoms with Gasteiger partial charge in [0.05, 0.1) is 5.69 Å². The van der Waals surface area contributed by atoms with Crippen LogP contribution in [0.5, 0.6) is 0 Å². The summed E-state index contributed by atoms with van der Waals surface area (Å²) in [6.45, 7) is 1.61. The van der Waals surface area contributed by atoms with Crippen LogP contribution < -0.4 is 11.2 Å². The molecule has 128 valence electrons. The zero-order valence-corrected chi connectivity index (χ0v) is 14.0. The fraction of sp³-hybridized carbons (Fsp3) is 0.200. The minimum absolute atomic E-state index is 0.0860. The van der Waals surface area contributed by atoms with Crippen molar-refractivity contribution in [3.63, 3.8) is 0 Å². The molecule has 1 aromatic heterocycles. The molecule has 24 heavy (non-hydrogen) atoms. The van der Waals surface area contributed by atoms with Gasteiger partial charge in [0, 0.05) is 23.2 Å². The molecule has 0 saturated heterocycles. The molecule has 0 spiro atoms. The van der Waals surface area contributed by atoms with Crippen LogP contribution in [0.15, 0.2) is 38.9 Å². The lowest BCUT2D eigenvalue weighted by atomic mass is 10.2. The Hall–Kier alpha value is -1.99. The monoisotopic (exact) mass is 378 g/mol. The second kappa shape index (κ2) is 6.49. The fourth-order valence-corrected chi connectivity index (χ4v) is 2.42. The largest absolute Gasteiger partial charge is 0.431 e. The zero-order chi connectivity index (χ0) is 18.2. The van der Waals surface area contributed by atoms with Gasteiger partial charge in [0.25, 0.3) is 5.56 Å². The van der Waals surface area contributed by atoms with Crippen LogP contribution in [0, 0.1) is 0 Å². The van der Waals surface area contributed by atoms with E-state index in [0.717, 1.165) is 7.05 Å². The van der Waals surface area contributed by atoms with E-state index in [1.54, 1.807) is 6.92 Å². The van der Waals surface area contributed by atoms with E-state index in [2.05, 4.69) is 0 Å². The summed E-state index contributed by atoms with van der Waals surface area (Å²) in [5.41, 5.74) is -3.02. The van der Waals surface area contributed by atoms with Crippen molar-refractivity contribution in [3.8, 4) is 5.69 Å². The molecule has 0 unspecified atom stereocenters. The van der Waals surface area contributed by atoms with E-state index >= 15 is 0 Å². The summed E-state index contributed by atoms with van der Waals surface area (Å²) in [4.78, 5) is 24.3. The molecule has 0 saturated carbocycles. The van der Waals surface area contributed by atoms with E-state index in [1.807, 2.05) is 0 Å². The maximum atomic E-state index is 12.9. The maximum absolute atomic E-state index is 12.9. The average molecular weight is 379 g/mol. The second-order valence-electron chi connectivity index (χ2n) is 4.98. The third-order valence-electron chi connectivity index (χ3n) is 3.20. The Morgan fingerprint density at radius 2 is 1.83 bits per heavy atom. The quantitative estimate of drug-likeness (QED) is 0.797. The molecular weight excluding hydrogens is 368 g/mol. The molecule has 0 aliphatic carbocycles. The van der Waals surface area contributed by atoms with Gasteiger partial charge in [-0.15, -0.1) is 0 Å². The Labute approximate surface area is 144 Å². The van der Waals surface area contributed by atoms with Gasteiger partial charge in [0.15, 0.2) is 0 Å². The Kier molecular flexibility index (Phi) is 4.96. The molecule has 0 aliphatic rings. The van der Waals surface area contributed by atoms with Crippen LogP contribution in [0.4, 0.5) is 13.2 Å². The van der Waals surface area contributed by atoms with E-state index in [0.29, 0.717) is 30.8 Å². The summed E-state index contributed by atoms with van der Waals surface area (Å²) in [5, 5.41) is 0.720. The van der Waals surface area contributed by atoms with Crippen molar-refractivity contribution in [2.24, 2.45) is 7.05 Å². The summed E-state index contributed by atoms with van der Waals surface area (Å²) < 4.78 is 39.6. The lowest BCUT2D eigenvalue weighted by Crippen LogP contribution is -2.40. The second-order valence-corrected chi connectivity index (χ2v) is 5.98. The van der Waals surface area contributed by atoms with Crippen molar-refractivity contribution in [1.82, 2.24) is 9.13 Å². The van der Waals surface area contributed by atoms with Gasteiger partial charge < -0.3 is 0 Å². The van der Waals surface area contributed by atoms with Crippen LogP contribution in [-0.2, 0) is 13.2 Å². The Balaban J connectivity index is 2.76. The number of benzene rings is 1. The van der Waals surface area contributed by atoms with Crippen LogP contribution in [0.2, 0.25) is 5.02 Å². The molecule has 0 amide bonds. The van der Waals surface area contributed by atoms with Crippen LogP contribution in [0.25, 0.3) is 11.8 Å². The van der Waals surface area contributed by atoms with Crippen LogP contribution in [0.3, 0.4) is 0 Å². The van der Waals surface area contributed by atoms with Gasteiger partial charge in [-0.25, -0.2) is 9.36 Å². The first-order chi connectivity index (χ1) is 11.0. The number of nitrogens with zero attached hydrogens (tertiary/aromatic N) is 2. The molecule has 2 rings (SSSR count). The highest BCUT2D eigenvalue weighted by Crippen LogP contribution is 2.27. The van der Waals surface area contributed by atoms with Crippen molar-refractivity contribution in [1.29, 1.82) is 0 Å². The number of rotatable bonds is 2. The van der Waals surface area contributed by atoms with E-state index in [1.165, 1.54) is 24.3 Å². The van der Waals surface area contributed by atoms with E-state index in [-0.39, 0.29) is 5.69 Å². The molecule has 9 heteroatoms. The third-order valence-corrected chi connectivity index (χ3v) is 3.66. The predicted molar refractivity (Wildman–Crippen MR) is 86.8 cm³/mol. The van der Waals surface area contributed by atoms with Crippen molar-refractivity contribution in [2.75, 3.05) is 0 Å². The maximum Gasteiger partial charge on any atom is 0.431 e. The van der Waals surface area contributed by atoms with Crippen molar-refractivity contribution < 1.29 is 13.2 Å². The first-order valence-corrected chi connectivity index (χ1v) is 7.32. The van der Waals surface area contributed by atoms with Gasteiger partial charge in [-0.05, 0) is 36.8 Å². The first-order valence-electron chi connectivity index (χ1n) is 6.56. The van der Waals surface area contributed by atoms with Gasteiger partial charge in [0.2, 0.25) is 0 Å². The highest BCUT2D eigenvalue weighted by molar-refractivity contribution is 6.34. The molecule has 1 heterocycles. The lowest BCUT2D eigenvalue weighted by Gasteiger charge is -2.14. The number of hydrogen-bond donors (Lipinski definition) is 0. The summed E-state index contributed by atoms with van der Waals surface area (Å²) in [6.07, 6.45) is -3.30. The van der Waals surface area contributed by atoms with Crippen molar-refractivity contribution >= 4 is 29.3 Å². The van der Waals surface area contributed by atoms with E-state index in [9.17, 15) is 22.8 Å². The molecule has 0 fully saturated rings. The van der Waals surface area contributed by atoms with E-state index < -0.39 is 23.1 Å². The highest BCUT2D eigenvalue weighted by atomic mass is 35.5. The average Bonchev–Trinajstić information content (AvgIpc) is 2.44. The topological polar surface area (TPSA) is 44.0 Å². The van der Waals surface area contributed by atoms with Crippen molar-refractivity contribution in [3.05, 3.63) is 66.4 Å². The van der Waals surface area contributed by atoms with Crippen LogP contribution >= 0.6 is 23.2 Å². The molecule has 1 aromatic carbocycles.